The number of rotatable bonds is 7. The third-order valence-corrected chi connectivity index (χ3v) is 5.70. The fourth-order valence-electron chi connectivity index (χ4n) is 2.43. The Hall–Kier alpha value is -1.37. The van der Waals surface area contributed by atoms with E-state index in [1.165, 1.54) is 12.1 Å². The zero-order valence-electron chi connectivity index (χ0n) is 12.8. The van der Waals surface area contributed by atoms with Crippen molar-refractivity contribution in [3.05, 3.63) is 41.4 Å². The first-order valence-electron chi connectivity index (χ1n) is 7.65. The highest BCUT2D eigenvalue weighted by atomic mass is 35.5. The molecule has 0 aliphatic heterocycles. The van der Waals surface area contributed by atoms with Gasteiger partial charge in [-0.05, 0) is 37.3 Å². The first-order valence-corrected chi connectivity index (χ1v) is 9.51. The molecule has 0 radical (unpaired) electrons. The van der Waals surface area contributed by atoms with Gasteiger partial charge in [0.25, 0.3) is 0 Å². The predicted octanol–water partition coefficient (Wildman–Crippen LogP) is 2.48. The SMILES string of the molecule is O=C(CCNS(=O)(=O)c1ccccc1Cl)NCC1CC=CCC1. The van der Waals surface area contributed by atoms with E-state index < -0.39 is 10.0 Å². The largest absolute Gasteiger partial charge is 0.356 e. The Balaban J connectivity index is 1.74. The standard InChI is InChI=1S/C16H21ClN2O3S/c17-14-8-4-5-9-15(14)23(21,22)19-11-10-16(20)18-12-13-6-2-1-3-7-13/h1-2,4-5,8-9,13,19H,3,6-7,10-12H2,(H,18,20). The summed E-state index contributed by atoms with van der Waals surface area (Å²) in [4.78, 5) is 11.8. The Bertz CT molecular complexity index is 674. The van der Waals surface area contributed by atoms with Crippen molar-refractivity contribution in [2.45, 2.75) is 30.6 Å². The van der Waals surface area contributed by atoms with E-state index in [0.717, 1.165) is 19.3 Å². The first-order chi connectivity index (χ1) is 11.0. The molecule has 1 unspecified atom stereocenters. The minimum absolute atomic E-state index is 0.0241. The smallest absolute Gasteiger partial charge is 0.242 e. The van der Waals surface area contributed by atoms with Gasteiger partial charge in [0.15, 0.2) is 0 Å². The van der Waals surface area contributed by atoms with Crippen LogP contribution < -0.4 is 10.0 Å². The number of nitrogens with one attached hydrogen (secondary N) is 2. The lowest BCUT2D eigenvalue weighted by molar-refractivity contribution is -0.121. The summed E-state index contributed by atoms with van der Waals surface area (Å²) in [6, 6.07) is 6.21. The Morgan fingerprint density at radius 3 is 2.74 bits per heavy atom. The minimum atomic E-state index is -3.69. The van der Waals surface area contributed by atoms with Crippen LogP contribution in [0.15, 0.2) is 41.3 Å². The molecule has 1 aromatic rings. The lowest BCUT2D eigenvalue weighted by atomic mass is 9.94. The fourth-order valence-corrected chi connectivity index (χ4v) is 3.98. The van der Waals surface area contributed by atoms with E-state index in [0.29, 0.717) is 12.5 Å². The van der Waals surface area contributed by atoms with Crippen LogP contribution in [0.25, 0.3) is 0 Å². The van der Waals surface area contributed by atoms with Crippen LogP contribution in [0.4, 0.5) is 0 Å². The van der Waals surface area contributed by atoms with E-state index in [2.05, 4.69) is 22.2 Å². The van der Waals surface area contributed by atoms with Crippen LogP contribution in [-0.4, -0.2) is 27.4 Å². The zero-order valence-corrected chi connectivity index (χ0v) is 14.4. The topological polar surface area (TPSA) is 75.3 Å². The summed E-state index contributed by atoms with van der Waals surface area (Å²) in [5.41, 5.74) is 0. The van der Waals surface area contributed by atoms with Crippen molar-refractivity contribution in [1.29, 1.82) is 0 Å². The van der Waals surface area contributed by atoms with Crippen molar-refractivity contribution >= 4 is 27.5 Å². The molecule has 0 aromatic heterocycles. The van der Waals surface area contributed by atoms with Crippen LogP contribution in [-0.2, 0) is 14.8 Å². The van der Waals surface area contributed by atoms with Crippen LogP contribution in [0.2, 0.25) is 5.02 Å². The third kappa shape index (κ3) is 5.64. The number of hydrogen-bond donors (Lipinski definition) is 2. The monoisotopic (exact) mass is 356 g/mol. The van der Waals surface area contributed by atoms with E-state index in [1.807, 2.05) is 0 Å². The number of benzene rings is 1. The van der Waals surface area contributed by atoms with Crippen LogP contribution in [0.3, 0.4) is 0 Å². The molecule has 2 rings (SSSR count). The molecule has 0 heterocycles. The maximum Gasteiger partial charge on any atom is 0.242 e. The zero-order chi connectivity index (χ0) is 16.7. The highest BCUT2D eigenvalue weighted by molar-refractivity contribution is 7.89. The van der Waals surface area contributed by atoms with Gasteiger partial charge in [-0.25, -0.2) is 13.1 Å². The maximum absolute atomic E-state index is 12.1. The molecule has 5 nitrogen and oxygen atoms in total. The van der Waals surface area contributed by atoms with Gasteiger partial charge in [-0.2, -0.15) is 0 Å². The molecule has 0 spiro atoms. The van der Waals surface area contributed by atoms with Crippen molar-refractivity contribution in [2.24, 2.45) is 5.92 Å². The molecular weight excluding hydrogens is 336 g/mol. The number of carbonyl (C=O) groups is 1. The summed E-state index contributed by atoms with van der Waals surface area (Å²) < 4.78 is 26.6. The molecule has 7 heteroatoms. The Morgan fingerprint density at radius 2 is 2.04 bits per heavy atom. The summed E-state index contributed by atoms with van der Waals surface area (Å²) in [7, 11) is -3.69. The van der Waals surface area contributed by atoms with Crippen LogP contribution in [0.5, 0.6) is 0 Å². The third-order valence-electron chi connectivity index (χ3n) is 3.74. The van der Waals surface area contributed by atoms with Gasteiger partial charge in [0.05, 0.1) is 5.02 Å². The van der Waals surface area contributed by atoms with Gasteiger partial charge in [0.1, 0.15) is 4.90 Å². The highest BCUT2D eigenvalue weighted by Gasteiger charge is 2.17. The van der Waals surface area contributed by atoms with Crippen LogP contribution >= 0.6 is 11.6 Å². The molecular formula is C16H21ClN2O3S. The van der Waals surface area contributed by atoms with Gasteiger partial charge in [-0.3, -0.25) is 4.79 Å². The van der Waals surface area contributed by atoms with Crippen molar-refractivity contribution in [3.63, 3.8) is 0 Å². The van der Waals surface area contributed by atoms with E-state index in [9.17, 15) is 13.2 Å². The number of carbonyl (C=O) groups excluding carboxylic acids is 1. The van der Waals surface area contributed by atoms with Gasteiger partial charge in [-0.15, -0.1) is 0 Å². The van der Waals surface area contributed by atoms with Gasteiger partial charge in [0, 0.05) is 19.5 Å². The van der Waals surface area contributed by atoms with Gasteiger partial charge < -0.3 is 5.32 Å². The van der Waals surface area contributed by atoms with E-state index in [-0.39, 0.29) is 28.8 Å². The molecule has 0 fully saturated rings. The summed E-state index contributed by atoms with van der Waals surface area (Å²) in [5.74, 6) is 0.324. The van der Waals surface area contributed by atoms with Gasteiger partial charge in [0.2, 0.25) is 15.9 Å². The average Bonchev–Trinajstić information content (AvgIpc) is 2.54. The molecule has 126 valence electrons. The lowest BCUT2D eigenvalue weighted by Crippen LogP contribution is -2.33. The molecule has 1 aliphatic rings. The minimum Gasteiger partial charge on any atom is -0.356 e. The first kappa shape index (κ1) is 18.0. The summed E-state index contributed by atoms with van der Waals surface area (Å²) in [6.07, 6.45) is 7.51. The molecule has 0 saturated heterocycles. The maximum atomic E-state index is 12.1. The van der Waals surface area contributed by atoms with E-state index in [1.54, 1.807) is 12.1 Å². The van der Waals surface area contributed by atoms with Crippen molar-refractivity contribution in [3.8, 4) is 0 Å². The normalized spacial score (nSPS) is 17.9. The lowest BCUT2D eigenvalue weighted by Gasteiger charge is -2.18. The summed E-state index contributed by atoms with van der Waals surface area (Å²) >= 11 is 5.88. The van der Waals surface area contributed by atoms with Crippen molar-refractivity contribution in [2.75, 3.05) is 13.1 Å². The number of sulfonamides is 1. The molecule has 1 aromatic carbocycles. The van der Waals surface area contributed by atoms with E-state index in [4.69, 9.17) is 11.6 Å². The molecule has 0 saturated carbocycles. The second-order valence-corrected chi connectivity index (χ2v) is 7.68. The Labute approximate surface area is 142 Å². The Morgan fingerprint density at radius 1 is 1.26 bits per heavy atom. The average molecular weight is 357 g/mol. The highest BCUT2D eigenvalue weighted by Crippen LogP contribution is 2.20. The second-order valence-electron chi connectivity index (χ2n) is 5.53. The number of hydrogen-bond acceptors (Lipinski definition) is 3. The summed E-state index contributed by atoms with van der Waals surface area (Å²) in [6.45, 7) is 0.685. The molecule has 1 amide bonds. The fraction of sp³-hybridized carbons (Fsp3) is 0.438. The Kier molecular flexibility index (Phi) is 6.62. The predicted molar refractivity (Wildman–Crippen MR) is 90.7 cm³/mol. The van der Waals surface area contributed by atoms with Crippen LogP contribution in [0, 0.1) is 5.92 Å². The number of halogens is 1. The van der Waals surface area contributed by atoms with Gasteiger partial charge in [-0.1, -0.05) is 35.9 Å². The number of allylic oxidation sites excluding steroid dienone is 2. The number of amides is 1. The van der Waals surface area contributed by atoms with Crippen molar-refractivity contribution < 1.29 is 13.2 Å². The second kappa shape index (κ2) is 8.47. The molecule has 2 N–H and O–H groups in total. The molecule has 0 bridgehead atoms. The summed E-state index contributed by atoms with van der Waals surface area (Å²) in [5, 5.41) is 3.02. The van der Waals surface area contributed by atoms with E-state index >= 15 is 0 Å². The molecule has 1 atom stereocenters. The quantitative estimate of drug-likeness (QED) is 0.737. The van der Waals surface area contributed by atoms with Gasteiger partial charge >= 0.3 is 0 Å². The van der Waals surface area contributed by atoms with Crippen molar-refractivity contribution in [1.82, 2.24) is 10.0 Å². The van der Waals surface area contributed by atoms with Crippen LogP contribution in [0.1, 0.15) is 25.7 Å². The molecule has 1 aliphatic carbocycles. The molecule has 23 heavy (non-hydrogen) atoms.